The first-order chi connectivity index (χ1) is 6.38. The maximum absolute atomic E-state index is 5.54. The van der Waals surface area contributed by atoms with Gasteiger partial charge in [0.2, 0.25) is 0 Å². The van der Waals surface area contributed by atoms with Gasteiger partial charge in [-0.1, -0.05) is 25.7 Å². The van der Waals surface area contributed by atoms with E-state index in [1.165, 1.54) is 25.7 Å². The summed E-state index contributed by atoms with van der Waals surface area (Å²) in [7, 11) is 0. The van der Waals surface area contributed by atoms with Crippen LogP contribution in [0.25, 0.3) is 0 Å². The molecule has 0 amide bonds. The van der Waals surface area contributed by atoms with E-state index in [0.29, 0.717) is 6.04 Å². The predicted octanol–water partition coefficient (Wildman–Crippen LogP) is 2.03. The van der Waals surface area contributed by atoms with Crippen LogP contribution in [0.5, 0.6) is 0 Å². The normalized spacial score (nSPS) is 38.9. The molecule has 0 spiro atoms. The van der Waals surface area contributed by atoms with Crippen molar-refractivity contribution in [2.75, 3.05) is 6.54 Å². The Morgan fingerprint density at radius 1 is 1.38 bits per heavy atom. The first-order valence-electron chi connectivity index (χ1n) is 5.58. The van der Waals surface area contributed by atoms with Crippen LogP contribution in [-0.4, -0.2) is 12.6 Å². The molecule has 2 rings (SSSR count). The molecule has 0 radical (unpaired) electrons. The average Bonchev–Trinajstić information content (AvgIpc) is 2.88. The van der Waals surface area contributed by atoms with Crippen LogP contribution in [0.2, 0.25) is 0 Å². The third kappa shape index (κ3) is 1.60. The molecule has 13 heavy (non-hydrogen) atoms. The molecule has 2 fully saturated rings. The third-order valence-electron chi connectivity index (χ3n) is 3.71. The van der Waals surface area contributed by atoms with E-state index in [-0.39, 0.29) is 0 Å². The van der Waals surface area contributed by atoms with E-state index in [4.69, 9.17) is 6.42 Å². The molecule has 0 aliphatic heterocycles. The van der Waals surface area contributed by atoms with Gasteiger partial charge in [-0.3, -0.25) is 0 Å². The summed E-state index contributed by atoms with van der Waals surface area (Å²) in [6.45, 7) is 3.14. The maximum atomic E-state index is 5.54. The van der Waals surface area contributed by atoms with Gasteiger partial charge in [0.1, 0.15) is 0 Å². The Morgan fingerprint density at radius 2 is 2.00 bits per heavy atom. The van der Waals surface area contributed by atoms with Gasteiger partial charge in [0.15, 0.2) is 0 Å². The summed E-state index contributed by atoms with van der Waals surface area (Å²) in [5.74, 6) is 5.66. The number of hydrogen-bond acceptors (Lipinski definition) is 1. The number of rotatable bonds is 3. The lowest BCUT2D eigenvalue weighted by Crippen LogP contribution is -2.30. The topological polar surface area (TPSA) is 12.0 Å². The first kappa shape index (κ1) is 9.09. The maximum Gasteiger partial charge on any atom is 0.0720 e. The Labute approximate surface area is 81.3 Å². The van der Waals surface area contributed by atoms with E-state index >= 15 is 0 Å². The third-order valence-corrected chi connectivity index (χ3v) is 3.71. The molecular weight excluding hydrogens is 158 g/mol. The highest BCUT2D eigenvalue weighted by molar-refractivity contribution is 5.14. The van der Waals surface area contributed by atoms with Crippen molar-refractivity contribution in [2.24, 2.45) is 17.8 Å². The van der Waals surface area contributed by atoms with Crippen LogP contribution in [-0.2, 0) is 0 Å². The van der Waals surface area contributed by atoms with E-state index in [9.17, 15) is 0 Å². The highest BCUT2D eigenvalue weighted by atomic mass is 14.9. The minimum Gasteiger partial charge on any atom is -0.304 e. The molecule has 2 aliphatic carbocycles. The number of terminal acetylenes is 1. The van der Waals surface area contributed by atoms with Gasteiger partial charge in [-0.05, 0) is 37.1 Å². The van der Waals surface area contributed by atoms with Crippen LogP contribution in [0.4, 0.5) is 0 Å². The van der Waals surface area contributed by atoms with Crippen molar-refractivity contribution in [1.82, 2.24) is 5.32 Å². The van der Waals surface area contributed by atoms with Crippen molar-refractivity contribution >= 4 is 0 Å². The Hall–Kier alpha value is -0.480. The molecule has 0 aromatic carbocycles. The van der Waals surface area contributed by atoms with Crippen LogP contribution in [0, 0.1) is 30.1 Å². The second-order valence-corrected chi connectivity index (χ2v) is 4.39. The van der Waals surface area contributed by atoms with Gasteiger partial charge < -0.3 is 5.32 Å². The van der Waals surface area contributed by atoms with Crippen molar-refractivity contribution in [3.05, 3.63) is 0 Å². The molecule has 0 aromatic heterocycles. The summed E-state index contributed by atoms with van der Waals surface area (Å²) in [6, 6.07) is 0.359. The van der Waals surface area contributed by atoms with Gasteiger partial charge in [0.25, 0.3) is 0 Å². The second kappa shape index (κ2) is 3.72. The molecule has 0 saturated heterocycles. The first-order valence-corrected chi connectivity index (χ1v) is 5.58. The molecule has 1 N–H and O–H groups in total. The molecule has 1 heteroatoms. The van der Waals surface area contributed by atoms with Crippen molar-refractivity contribution in [3.63, 3.8) is 0 Å². The van der Waals surface area contributed by atoms with Crippen LogP contribution in [0.15, 0.2) is 0 Å². The van der Waals surface area contributed by atoms with E-state index in [2.05, 4.69) is 18.2 Å². The molecule has 1 nitrogen and oxygen atoms in total. The summed E-state index contributed by atoms with van der Waals surface area (Å²) in [5, 5.41) is 3.41. The highest BCUT2D eigenvalue weighted by Gasteiger charge is 2.53. The summed E-state index contributed by atoms with van der Waals surface area (Å²) in [5.41, 5.74) is 0. The second-order valence-electron chi connectivity index (χ2n) is 4.39. The van der Waals surface area contributed by atoms with Gasteiger partial charge in [0, 0.05) is 0 Å². The van der Waals surface area contributed by atoms with E-state index in [0.717, 1.165) is 24.3 Å². The van der Waals surface area contributed by atoms with Gasteiger partial charge >= 0.3 is 0 Å². The molecule has 0 bridgehead atoms. The van der Waals surface area contributed by atoms with E-state index < -0.39 is 0 Å². The van der Waals surface area contributed by atoms with E-state index in [1.807, 2.05) is 0 Å². The zero-order valence-corrected chi connectivity index (χ0v) is 8.42. The molecule has 3 unspecified atom stereocenters. The van der Waals surface area contributed by atoms with Crippen molar-refractivity contribution in [1.29, 1.82) is 0 Å². The minimum atomic E-state index is 0.359. The van der Waals surface area contributed by atoms with Crippen LogP contribution < -0.4 is 5.32 Å². The fraction of sp³-hybridized carbons (Fsp3) is 0.833. The Balaban J connectivity index is 1.91. The van der Waals surface area contributed by atoms with Crippen LogP contribution in [0.3, 0.4) is 0 Å². The lowest BCUT2D eigenvalue weighted by molar-refractivity contribution is 0.480. The fourth-order valence-electron chi connectivity index (χ4n) is 3.07. The average molecular weight is 177 g/mol. The SMILES string of the molecule is C#CC(NCC)C1C2CCCCC21. The van der Waals surface area contributed by atoms with Crippen LogP contribution in [0.1, 0.15) is 32.6 Å². The summed E-state index contributed by atoms with van der Waals surface area (Å²) in [4.78, 5) is 0. The zero-order chi connectivity index (χ0) is 9.26. The predicted molar refractivity (Wildman–Crippen MR) is 55.2 cm³/mol. The molecule has 3 atom stereocenters. The Bertz CT molecular complexity index is 204. The number of hydrogen-bond donors (Lipinski definition) is 1. The molecular formula is C12H19N. The number of nitrogens with one attached hydrogen (secondary N) is 1. The molecule has 2 aliphatic rings. The monoisotopic (exact) mass is 177 g/mol. The lowest BCUT2D eigenvalue weighted by Gasteiger charge is -2.10. The van der Waals surface area contributed by atoms with E-state index in [1.54, 1.807) is 0 Å². The highest BCUT2D eigenvalue weighted by Crippen LogP contribution is 2.56. The summed E-state index contributed by atoms with van der Waals surface area (Å²) >= 11 is 0. The Morgan fingerprint density at radius 3 is 2.46 bits per heavy atom. The van der Waals surface area contributed by atoms with Crippen molar-refractivity contribution < 1.29 is 0 Å². The summed E-state index contributed by atoms with van der Waals surface area (Å²) in [6.07, 6.45) is 11.3. The molecule has 72 valence electrons. The quantitative estimate of drug-likeness (QED) is 0.650. The van der Waals surface area contributed by atoms with Crippen LogP contribution >= 0.6 is 0 Å². The largest absolute Gasteiger partial charge is 0.304 e. The Kier molecular flexibility index (Phi) is 2.60. The van der Waals surface area contributed by atoms with Gasteiger partial charge in [0.05, 0.1) is 6.04 Å². The van der Waals surface area contributed by atoms with Gasteiger partial charge in [-0.15, -0.1) is 6.42 Å². The van der Waals surface area contributed by atoms with Crippen molar-refractivity contribution in [2.45, 2.75) is 38.6 Å². The van der Waals surface area contributed by atoms with Crippen molar-refractivity contribution in [3.8, 4) is 12.3 Å². The lowest BCUT2D eigenvalue weighted by atomic mass is 10.0. The summed E-state index contributed by atoms with van der Waals surface area (Å²) < 4.78 is 0. The number of fused-ring (bicyclic) bond motifs is 1. The molecule has 0 aromatic rings. The standard InChI is InChI=1S/C12H19N/c1-3-11(13-4-2)12-9-7-5-6-8-10(9)12/h1,9-13H,4-8H2,2H3. The van der Waals surface area contributed by atoms with Gasteiger partial charge in [-0.25, -0.2) is 0 Å². The molecule has 2 saturated carbocycles. The molecule has 0 heterocycles. The zero-order valence-electron chi connectivity index (χ0n) is 8.42. The fourth-order valence-corrected chi connectivity index (χ4v) is 3.07. The minimum absolute atomic E-state index is 0.359. The van der Waals surface area contributed by atoms with Gasteiger partial charge in [-0.2, -0.15) is 0 Å². The smallest absolute Gasteiger partial charge is 0.0720 e.